The summed E-state index contributed by atoms with van der Waals surface area (Å²) in [5.41, 5.74) is 6.41. The van der Waals surface area contributed by atoms with Gasteiger partial charge in [0.1, 0.15) is 6.04 Å². The third-order valence-electron chi connectivity index (χ3n) is 1.66. The predicted molar refractivity (Wildman–Crippen MR) is 51.5 cm³/mol. The van der Waals surface area contributed by atoms with Crippen molar-refractivity contribution in [2.45, 2.75) is 26.1 Å². The van der Waals surface area contributed by atoms with Crippen LogP contribution in [0.1, 0.15) is 13.8 Å². The molecule has 1 atom stereocenters. The van der Waals surface area contributed by atoms with E-state index >= 15 is 0 Å². The van der Waals surface area contributed by atoms with Crippen LogP contribution in [0.5, 0.6) is 0 Å². The maximum atomic E-state index is 11.7. The van der Waals surface area contributed by atoms with Crippen molar-refractivity contribution in [3.05, 3.63) is 0 Å². The molecule has 0 aromatic carbocycles. The third-order valence-corrected chi connectivity index (χ3v) is 1.66. The van der Waals surface area contributed by atoms with Crippen molar-refractivity contribution in [3.8, 4) is 0 Å². The Kier molecular flexibility index (Phi) is 5.72. The number of hydroxylamine groups is 1. The van der Waals surface area contributed by atoms with Crippen molar-refractivity contribution >= 4 is 11.9 Å². The molecule has 0 heterocycles. The summed E-state index contributed by atoms with van der Waals surface area (Å²) in [5.74, 6) is -1.25. The average molecular weight is 257 g/mol. The first-order chi connectivity index (χ1) is 7.63. The van der Waals surface area contributed by atoms with Gasteiger partial charge >= 0.3 is 12.2 Å². The van der Waals surface area contributed by atoms with Gasteiger partial charge in [0, 0.05) is 0 Å². The van der Waals surface area contributed by atoms with Gasteiger partial charge in [0.25, 0.3) is 5.91 Å². The smallest absolute Gasteiger partial charge is 0.352 e. The number of nitrogens with one attached hydrogen (secondary N) is 2. The molecule has 0 aliphatic heterocycles. The molecule has 4 N–H and O–H groups in total. The highest BCUT2D eigenvalue weighted by Gasteiger charge is 2.29. The largest absolute Gasteiger partial charge is 0.414 e. The van der Waals surface area contributed by atoms with Crippen molar-refractivity contribution in [1.82, 2.24) is 10.8 Å². The normalized spacial score (nSPS) is 13.3. The van der Waals surface area contributed by atoms with Gasteiger partial charge in [-0.3, -0.25) is 9.63 Å². The van der Waals surface area contributed by atoms with Crippen LogP contribution in [0, 0.1) is 5.92 Å². The van der Waals surface area contributed by atoms with Crippen molar-refractivity contribution in [2.75, 3.05) is 6.61 Å². The Morgan fingerprint density at radius 3 is 2.24 bits per heavy atom. The van der Waals surface area contributed by atoms with Gasteiger partial charge in [-0.2, -0.15) is 13.2 Å². The van der Waals surface area contributed by atoms with E-state index in [-0.39, 0.29) is 5.92 Å². The molecule has 0 bridgehead atoms. The Morgan fingerprint density at radius 1 is 1.35 bits per heavy atom. The lowest BCUT2D eigenvalue weighted by Crippen LogP contribution is -2.51. The van der Waals surface area contributed by atoms with Crippen LogP contribution in [0.4, 0.5) is 18.0 Å². The minimum absolute atomic E-state index is 0.350. The van der Waals surface area contributed by atoms with Crippen LogP contribution in [-0.4, -0.2) is 30.8 Å². The highest BCUT2D eigenvalue weighted by molar-refractivity contribution is 5.86. The SMILES string of the molecule is CC(C)C(NC(N)=O)C(=O)NOCC(F)(F)F. The number of rotatable bonds is 5. The van der Waals surface area contributed by atoms with Crippen molar-refractivity contribution in [1.29, 1.82) is 0 Å². The molecule has 0 aromatic heterocycles. The number of halogens is 3. The lowest BCUT2D eigenvalue weighted by atomic mass is 10.0. The van der Waals surface area contributed by atoms with E-state index in [0.29, 0.717) is 0 Å². The Bertz CT molecular complexity index is 281. The molecule has 0 aliphatic rings. The topological polar surface area (TPSA) is 93.5 Å². The Morgan fingerprint density at radius 2 is 1.88 bits per heavy atom. The molecule has 0 aromatic rings. The Labute approximate surface area is 95.6 Å². The number of alkyl halides is 3. The molecule has 6 nitrogen and oxygen atoms in total. The van der Waals surface area contributed by atoms with Gasteiger partial charge in [0.05, 0.1) is 0 Å². The number of primary amides is 1. The molecule has 0 spiro atoms. The minimum Gasteiger partial charge on any atom is -0.352 e. The zero-order valence-electron chi connectivity index (χ0n) is 9.30. The average Bonchev–Trinajstić information content (AvgIpc) is 2.11. The first kappa shape index (κ1) is 15.5. The van der Waals surface area contributed by atoms with Gasteiger partial charge in [-0.25, -0.2) is 10.3 Å². The maximum absolute atomic E-state index is 11.7. The van der Waals surface area contributed by atoms with Gasteiger partial charge in [-0.1, -0.05) is 13.8 Å². The van der Waals surface area contributed by atoms with Gasteiger partial charge in [-0.15, -0.1) is 0 Å². The summed E-state index contributed by atoms with van der Waals surface area (Å²) in [6.07, 6.45) is -4.54. The van der Waals surface area contributed by atoms with Gasteiger partial charge in [0.2, 0.25) is 0 Å². The van der Waals surface area contributed by atoms with E-state index in [2.05, 4.69) is 10.2 Å². The van der Waals surface area contributed by atoms with Crippen LogP contribution >= 0.6 is 0 Å². The highest BCUT2D eigenvalue weighted by Crippen LogP contribution is 2.13. The monoisotopic (exact) mass is 257 g/mol. The number of carbonyl (C=O) groups is 2. The van der Waals surface area contributed by atoms with Crippen LogP contribution < -0.4 is 16.5 Å². The van der Waals surface area contributed by atoms with Crippen LogP contribution in [0.2, 0.25) is 0 Å². The standard InChI is InChI=1S/C8H14F3N3O3/c1-4(2)5(13-7(12)16)6(15)14-17-3-8(9,10)11/h4-5H,3H2,1-2H3,(H,14,15)(H3,12,13,16). The van der Waals surface area contributed by atoms with E-state index in [1.165, 1.54) is 0 Å². The molecule has 17 heavy (non-hydrogen) atoms. The second kappa shape index (κ2) is 6.28. The number of urea groups is 1. The van der Waals surface area contributed by atoms with Crippen molar-refractivity contribution in [2.24, 2.45) is 11.7 Å². The van der Waals surface area contributed by atoms with E-state index in [4.69, 9.17) is 5.73 Å². The summed E-state index contributed by atoms with van der Waals surface area (Å²) in [6.45, 7) is 1.56. The number of carbonyl (C=O) groups excluding carboxylic acids is 2. The number of hydrogen-bond donors (Lipinski definition) is 3. The van der Waals surface area contributed by atoms with Crippen molar-refractivity contribution < 1.29 is 27.6 Å². The number of hydrogen-bond acceptors (Lipinski definition) is 3. The summed E-state index contributed by atoms with van der Waals surface area (Å²) in [4.78, 5) is 25.9. The molecule has 0 rings (SSSR count). The fourth-order valence-electron chi connectivity index (χ4n) is 0.941. The summed E-state index contributed by atoms with van der Waals surface area (Å²) in [7, 11) is 0. The molecule has 0 fully saturated rings. The van der Waals surface area contributed by atoms with Crippen LogP contribution in [0.15, 0.2) is 0 Å². The van der Waals surface area contributed by atoms with Crippen LogP contribution in [0.3, 0.4) is 0 Å². The molecular formula is C8H14F3N3O3. The molecule has 0 saturated heterocycles. The Balaban J connectivity index is 4.20. The summed E-state index contributed by atoms with van der Waals surface area (Å²) < 4.78 is 35.1. The molecule has 3 amide bonds. The molecule has 0 radical (unpaired) electrons. The molecule has 0 saturated carbocycles. The van der Waals surface area contributed by atoms with E-state index in [1.54, 1.807) is 19.3 Å². The van der Waals surface area contributed by atoms with Gasteiger partial charge in [0.15, 0.2) is 6.61 Å². The fraction of sp³-hybridized carbons (Fsp3) is 0.750. The van der Waals surface area contributed by atoms with Crippen LogP contribution in [-0.2, 0) is 9.63 Å². The van der Waals surface area contributed by atoms with E-state index in [0.717, 1.165) is 0 Å². The van der Waals surface area contributed by atoms with Gasteiger partial charge in [-0.05, 0) is 5.92 Å². The van der Waals surface area contributed by atoms with Crippen molar-refractivity contribution in [3.63, 3.8) is 0 Å². The third kappa shape index (κ3) is 7.39. The molecule has 100 valence electrons. The minimum atomic E-state index is -4.54. The first-order valence-electron chi connectivity index (χ1n) is 4.68. The second-order valence-corrected chi connectivity index (χ2v) is 3.60. The van der Waals surface area contributed by atoms with E-state index < -0.39 is 30.8 Å². The number of nitrogens with two attached hydrogens (primary N) is 1. The summed E-state index contributed by atoms with van der Waals surface area (Å²) in [6, 6.07) is -2.00. The zero-order valence-corrected chi connectivity index (χ0v) is 9.30. The lowest BCUT2D eigenvalue weighted by Gasteiger charge is -2.20. The van der Waals surface area contributed by atoms with Crippen LogP contribution in [0.25, 0.3) is 0 Å². The predicted octanol–water partition coefficient (Wildman–Crippen LogP) is 0.289. The molecule has 1 unspecified atom stereocenters. The van der Waals surface area contributed by atoms with Gasteiger partial charge < -0.3 is 11.1 Å². The van der Waals surface area contributed by atoms with E-state index in [1.807, 2.05) is 0 Å². The second-order valence-electron chi connectivity index (χ2n) is 3.60. The zero-order chi connectivity index (χ0) is 13.6. The quantitative estimate of drug-likeness (QED) is 0.618. The number of amides is 3. The lowest BCUT2D eigenvalue weighted by molar-refractivity contribution is -0.192. The summed E-state index contributed by atoms with van der Waals surface area (Å²) >= 11 is 0. The molecular weight excluding hydrogens is 243 g/mol. The molecule has 9 heteroatoms. The van der Waals surface area contributed by atoms with E-state index in [9.17, 15) is 22.8 Å². The fourth-order valence-corrected chi connectivity index (χ4v) is 0.941. The Hall–Kier alpha value is -1.51. The maximum Gasteiger partial charge on any atom is 0.414 e. The first-order valence-corrected chi connectivity index (χ1v) is 4.68. The molecule has 0 aliphatic carbocycles. The summed E-state index contributed by atoms with van der Waals surface area (Å²) in [5, 5.41) is 2.09. The highest BCUT2D eigenvalue weighted by atomic mass is 19.4.